The molecule has 3 aromatic carbocycles. The number of rotatable bonds is 2. The number of aromatic carboxylic acids is 2. The van der Waals surface area contributed by atoms with E-state index >= 15 is 0 Å². The molecule has 6 heteroatoms. The smallest absolute Gasteiger partial charge is 0.335 e. The number of carboxylic acids is 2. The molecule has 3 aromatic rings. The first-order chi connectivity index (χ1) is 11.4. The second kappa shape index (κ2) is 7.15. The average Bonchev–Trinajstić information content (AvgIpc) is 2.57. The van der Waals surface area contributed by atoms with E-state index < -0.39 is 11.9 Å². The number of hydrogen-bond acceptors (Lipinski definition) is 4. The first-order valence-corrected chi connectivity index (χ1v) is 6.85. The van der Waals surface area contributed by atoms with Gasteiger partial charge in [0.15, 0.2) is 0 Å². The van der Waals surface area contributed by atoms with Crippen molar-refractivity contribution in [2.75, 3.05) is 0 Å². The van der Waals surface area contributed by atoms with Crippen LogP contribution >= 0.6 is 0 Å². The number of benzene rings is 3. The Morgan fingerprint density at radius 1 is 0.583 bits per heavy atom. The van der Waals surface area contributed by atoms with E-state index in [9.17, 15) is 9.59 Å². The Bertz CT molecular complexity index is 809. The lowest BCUT2D eigenvalue weighted by Gasteiger charge is -2.01. The van der Waals surface area contributed by atoms with Gasteiger partial charge in [0.1, 0.15) is 11.5 Å². The summed E-state index contributed by atoms with van der Waals surface area (Å²) in [4.78, 5) is 21.5. The van der Waals surface area contributed by atoms with Crippen LogP contribution in [0.25, 0.3) is 10.8 Å². The van der Waals surface area contributed by atoms with Crippen molar-refractivity contribution in [2.45, 2.75) is 0 Å². The maximum Gasteiger partial charge on any atom is 0.335 e. The predicted molar refractivity (Wildman–Crippen MR) is 87.6 cm³/mol. The van der Waals surface area contributed by atoms with Gasteiger partial charge in [-0.3, -0.25) is 0 Å². The quantitative estimate of drug-likeness (QED) is 0.537. The summed E-state index contributed by atoms with van der Waals surface area (Å²) in [6.07, 6.45) is 0. The summed E-state index contributed by atoms with van der Waals surface area (Å²) in [6.45, 7) is 0. The highest BCUT2D eigenvalue weighted by molar-refractivity contribution is 5.97. The monoisotopic (exact) mass is 326 g/mol. The third-order valence-corrected chi connectivity index (χ3v) is 3.18. The Balaban J connectivity index is 0.000000219. The number of aromatic hydroxyl groups is 2. The number of hydrogen-bond donors (Lipinski definition) is 4. The van der Waals surface area contributed by atoms with Gasteiger partial charge >= 0.3 is 11.9 Å². The minimum absolute atomic E-state index is 0.169. The highest BCUT2D eigenvalue weighted by Gasteiger charge is 2.06. The Hall–Kier alpha value is -3.54. The van der Waals surface area contributed by atoms with E-state index in [1.807, 2.05) is 0 Å². The molecule has 0 aromatic heterocycles. The van der Waals surface area contributed by atoms with E-state index in [1.54, 1.807) is 12.1 Å². The first-order valence-electron chi connectivity index (χ1n) is 6.85. The molecule has 0 amide bonds. The van der Waals surface area contributed by atoms with Crippen LogP contribution < -0.4 is 0 Å². The lowest BCUT2D eigenvalue weighted by Crippen LogP contribution is -1.97. The number of phenolic OH excluding ortho intramolecular Hbond substituents is 2. The minimum Gasteiger partial charge on any atom is -0.508 e. The van der Waals surface area contributed by atoms with Crippen molar-refractivity contribution >= 4 is 22.7 Å². The van der Waals surface area contributed by atoms with E-state index in [2.05, 4.69) is 0 Å². The molecule has 0 atom stereocenters. The van der Waals surface area contributed by atoms with Crippen LogP contribution in [0, 0.1) is 0 Å². The van der Waals surface area contributed by atoms with E-state index in [-0.39, 0.29) is 22.6 Å². The third-order valence-electron chi connectivity index (χ3n) is 3.18. The van der Waals surface area contributed by atoms with Crippen molar-refractivity contribution in [3.05, 3.63) is 71.8 Å². The summed E-state index contributed by atoms with van der Waals surface area (Å²) >= 11 is 0. The van der Waals surface area contributed by atoms with Crippen LogP contribution in [0.1, 0.15) is 20.7 Å². The summed E-state index contributed by atoms with van der Waals surface area (Å²) in [5.41, 5.74) is 0.381. The van der Waals surface area contributed by atoms with Crippen LogP contribution in [0.2, 0.25) is 0 Å². The molecular weight excluding hydrogens is 312 g/mol. The highest BCUT2D eigenvalue weighted by Crippen LogP contribution is 2.18. The normalized spacial score (nSPS) is 9.83. The molecule has 6 nitrogen and oxygen atoms in total. The van der Waals surface area contributed by atoms with Crippen molar-refractivity contribution in [3.63, 3.8) is 0 Å². The zero-order valence-electron chi connectivity index (χ0n) is 12.4. The van der Waals surface area contributed by atoms with Gasteiger partial charge in [-0.05, 0) is 59.3 Å². The Morgan fingerprint density at radius 2 is 0.917 bits per heavy atom. The van der Waals surface area contributed by atoms with Gasteiger partial charge in [0.25, 0.3) is 0 Å². The molecule has 0 fully saturated rings. The molecule has 0 bridgehead atoms. The molecule has 0 heterocycles. The molecule has 3 rings (SSSR count). The van der Waals surface area contributed by atoms with Gasteiger partial charge < -0.3 is 20.4 Å². The minimum atomic E-state index is -0.996. The van der Waals surface area contributed by atoms with Gasteiger partial charge in [-0.1, -0.05) is 12.1 Å². The predicted octanol–water partition coefficient (Wildman–Crippen LogP) is 3.33. The Morgan fingerprint density at radius 3 is 1.21 bits per heavy atom. The van der Waals surface area contributed by atoms with Crippen molar-refractivity contribution in [2.24, 2.45) is 0 Å². The SMILES string of the molecule is O=C(O)c1ccc2cc(C(=O)O)ccc2c1.Oc1ccc(O)cc1. The van der Waals surface area contributed by atoms with Crippen LogP contribution in [-0.4, -0.2) is 32.4 Å². The zero-order chi connectivity index (χ0) is 17.7. The summed E-state index contributed by atoms with van der Waals surface area (Å²) in [6, 6.07) is 14.9. The van der Waals surface area contributed by atoms with Crippen LogP contribution in [0.4, 0.5) is 0 Å². The van der Waals surface area contributed by atoms with Crippen LogP contribution in [0.3, 0.4) is 0 Å². The Labute approximate surface area is 136 Å². The van der Waals surface area contributed by atoms with Gasteiger partial charge in [-0.15, -0.1) is 0 Å². The number of fused-ring (bicyclic) bond motifs is 1. The molecule has 0 aliphatic heterocycles. The van der Waals surface area contributed by atoms with Gasteiger partial charge in [0, 0.05) is 0 Å². The molecule has 24 heavy (non-hydrogen) atoms. The maximum atomic E-state index is 10.7. The average molecular weight is 326 g/mol. The van der Waals surface area contributed by atoms with Crippen LogP contribution in [0.5, 0.6) is 11.5 Å². The molecule has 122 valence electrons. The van der Waals surface area contributed by atoms with Crippen molar-refractivity contribution in [1.82, 2.24) is 0 Å². The summed E-state index contributed by atoms with van der Waals surface area (Å²) in [5, 5.41) is 36.3. The van der Waals surface area contributed by atoms with Gasteiger partial charge in [-0.25, -0.2) is 9.59 Å². The molecule has 4 N–H and O–H groups in total. The van der Waals surface area contributed by atoms with E-state index in [0.717, 1.165) is 0 Å². The number of carbonyl (C=O) groups is 2. The van der Waals surface area contributed by atoms with Crippen LogP contribution in [-0.2, 0) is 0 Å². The number of phenols is 2. The molecule has 0 radical (unpaired) electrons. The maximum absolute atomic E-state index is 10.7. The zero-order valence-corrected chi connectivity index (χ0v) is 12.4. The first kappa shape index (κ1) is 16.8. The summed E-state index contributed by atoms with van der Waals surface area (Å²) < 4.78 is 0. The number of carboxylic acid groups (broad SMARTS) is 2. The summed E-state index contributed by atoms with van der Waals surface area (Å²) in [7, 11) is 0. The summed E-state index contributed by atoms with van der Waals surface area (Å²) in [5.74, 6) is -1.65. The van der Waals surface area contributed by atoms with E-state index in [4.69, 9.17) is 20.4 Å². The fraction of sp³-hybridized carbons (Fsp3) is 0. The highest BCUT2D eigenvalue weighted by atomic mass is 16.4. The molecule has 0 spiro atoms. The van der Waals surface area contributed by atoms with E-state index in [0.29, 0.717) is 10.8 Å². The van der Waals surface area contributed by atoms with Crippen molar-refractivity contribution in [1.29, 1.82) is 0 Å². The molecule has 0 saturated carbocycles. The molecule has 0 unspecified atom stereocenters. The van der Waals surface area contributed by atoms with Crippen LogP contribution in [0.15, 0.2) is 60.7 Å². The van der Waals surface area contributed by atoms with Crippen molar-refractivity contribution in [3.8, 4) is 11.5 Å². The lowest BCUT2D eigenvalue weighted by molar-refractivity contribution is 0.0686. The standard InChI is InChI=1S/C12H8O4.C6H6O2/c13-11(14)9-3-1-7-5-10(12(15)16)4-2-8(7)6-9;7-5-1-2-6(8)4-3-5/h1-6H,(H,13,14)(H,15,16);1-4,7-8H. The fourth-order valence-electron chi connectivity index (χ4n) is 1.96. The largest absolute Gasteiger partial charge is 0.508 e. The van der Waals surface area contributed by atoms with Crippen molar-refractivity contribution < 1.29 is 30.0 Å². The molecule has 0 saturated heterocycles. The molecular formula is C18H14O6. The second-order valence-corrected chi connectivity index (χ2v) is 4.90. The van der Waals surface area contributed by atoms with Gasteiger partial charge in [0.05, 0.1) is 11.1 Å². The second-order valence-electron chi connectivity index (χ2n) is 4.90. The third kappa shape index (κ3) is 4.23. The van der Waals surface area contributed by atoms with Gasteiger partial charge in [0.2, 0.25) is 0 Å². The Kier molecular flexibility index (Phi) is 5.01. The lowest BCUT2D eigenvalue weighted by atomic mass is 10.0. The molecule has 0 aliphatic carbocycles. The molecule has 0 aliphatic rings. The van der Waals surface area contributed by atoms with Gasteiger partial charge in [-0.2, -0.15) is 0 Å². The topological polar surface area (TPSA) is 115 Å². The fourth-order valence-corrected chi connectivity index (χ4v) is 1.96. The van der Waals surface area contributed by atoms with E-state index in [1.165, 1.54) is 48.5 Å².